The molecule has 1 aliphatic rings. The third-order valence-corrected chi connectivity index (χ3v) is 3.74. The number of nitrogens with zero attached hydrogens (tertiary/aromatic N) is 3. The Labute approximate surface area is 140 Å². The van der Waals surface area contributed by atoms with Crippen molar-refractivity contribution in [1.82, 2.24) is 20.4 Å². The zero-order chi connectivity index (χ0) is 18.7. The number of likely N-dealkylation sites (N-methyl/N-ethyl adjacent to an activating group) is 1. The second-order valence-electron chi connectivity index (χ2n) is 5.51. The van der Waals surface area contributed by atoms with Crippen molar-refractivity contribution in [3.63, 3.8) is 0 Å². The zero-order valence-electron chi connectivity index (χ0n) is 13.9. The van der Waals surface area contributed by atoms with Crippen molar-refractivity contribution in [2.75, 3.05) is 20.1 Å². The van der Waals surface area contributed by atoms with Crippen LogP contribution in [-0.2, 0) is 24.3 Å². The van der Waals surface area contributed by atoms with E-state index in [9.17, 15) is 22.8 Å². The van der Waals surface area contributed by atoms with Gasteiger partial charge in [0.2, 0.25) is 5.91 Å². The molecule has 11 nitrogen and oxygen atoms in total. The van der Waals surface area contributed by atoms with Gasteiger partial charge in [-0.15, -0.1) is 4.28 Å². The van der Waals surface area contributed by atoms with Crippen LogP contribution in [-0.4, -0.2) is 72.0 Å². The molecular formula is C12H22N4O7S. The second kappa shape index (κ2) is 7.77. The van der Waals surface area contributed by atoms with Gasteiger partial charge in [0.1, 0.15) is 6.04 Å². The van der Waals surface area contributed by atoms with Crippen LogP contribution in [0.5, 0.6) is 0 Å². The first kappa shape index (κ1) is 20.1. The average Bonchev–Trinajstić information content (AvgIpc) is 2.46. The molecule has 0 unspecified atom stereocenters. The first-order valence-electron chi connectivity index (χ1n) is 7.31. The van der Waals surface area contributed by atoms with Crippen LogP contribution in [0.15, 0.2) is 0 Å². The van der Waals surface area contributed by atoms with Crippen molar-refractivity contribution in [1.29, 1.82) is 0 Å². The monoisotopic (exact) mass is 366 g/mol. The molecule has 0 spiro atoms. The lowest BCUT2D eigenvalue weighted by atomic mass is 10.1. The van der Waals surface area contributed by atoms with E-state index in [-0.39, 0.29) is 31.3 Å². The summed E-state index contributed by atoms with van der Waals surface area (Å²) in [5.41, 5.74) is 2.40. The number of carbonyl (C=O) groups is 3. The molecule has 12 heteroatoms. The van der Waals surface area contributed by atoms with E-state index in [1.807, 2.05) is 0 Å². The lowest BCUT2D eigenvalue weighted by Gasteiger charge is -2.38. The fraction of sp³-hybridized carbons (Fsp3) is 0.750. The first-order valence-corrected chi connectivity index (χ1v) is 8.67. The SMILES string of the molecule is CCN1C(=O)N(OS(=O)(=O)O)CC[C@H]1C(=O)NN(C)C(=O)C(C)C. The summed E-state index contributed by atoms with van der Waals surface area (Å²) in [7, 11) is -3.44. The number of urea groups is 1. The Morgan fingerprint density at radius 1 is 1.46 bits per heavy atom. The van der Waals surface area contributed by atoms with Crippen molar-refractivity contribution in [2.24, 2.45) is 5.92 Å². The summed E-state index contributed by atoms with van der Waals surface area (Å²) in [4.78, 5) is 37.4. The van der Waals surface area contributed by atoms with Gasteiger partial charge in [-0.25, -0.2) is 4.79 Å². The maximum absolute atomic E-state index is 12.3. The van der Waals surface area contributed by atoms with Gasteiger partial charge < -0.3 is 4.90 Å². The molecule has 2 N–H and O–H groups in total. The average molecular weight is 366 g/mol. The highest BCUT2D eigenvalue weighted by Crippen LogP contribution is 2.18. The van der Waals surface area contributed by atoms with Gasteiger partial charge in [0.05, 0.1) is 6.54 Å². The van der Waals surface area contributed by atoms with E-state index in [1.54, 1.807) is 20.8 Å². The molecule has 0 saturated carbocycles. The molecular weight excluding hydrogens is 344 g/mol. The fourth-order valence-electron chi connectivity index (χ4n) is 2.26. The number of hydrazine groups is 1. The Hall–Kier alpha value is -1.92. The number of hydrogen-bond donors (Lipinski definition) is 2. The van der Waals surface area contributed by atoms with Gasteiger partial charge in [0.25, 0.3) is 5.91 Å². The molecule has 0 bridgehead atoms. The first-order chi connectivity index (χ1) is 11.0. The predicted octanol–water partition coefficient (Wildman–Crippen LogP) is -0.617. The minimum absolute atomic E-state index is 0.0602. The highest BCUT2D eigenvalue weighted by molar-refractivity contribution is 7.80. The molecule has 0 aromatic carbocycles. The summed E-state index contributed by atoms with van der Waals surface area (Å²) in [5.74, 6) is -1.19. The minimum atomic E-state index is -4.84. The highest BCUT2D eigenvalue weighted by atomic mass is 32.3. The van der Waals surface area contributed by atoms with Gasteiger partial charge in [-0.2, -0.15) is 13.5 Å². The highest BCUT2D eigenvalue weighted by Gasteiger charge is 2.39. The number of hydrogen-bond acceptors (Lipinski definition) is 6. The van der Waals surface area contributed by atoms with E-state index in [0.717, 1.165) is 9.91 Å². The Kier molecular flexibility index (Phi) is 6.51. The minimum Gasteiger partial charge on any atom is -0.311 e. The van der Waals surface area contributed by atoms with Gasteiger partial charge in [-0.3, -0.25) is 24.6 Å². The Bertz CT molecular complexity index is 607. The van der Waals surface area contributed by atoms with Crippen molar-refractivity contribution in [3.05, 3.63) is 0 Å². The lowest BCUT2D eigenvalue weighted by molar-refractivity contribution is -0.145. The Morgan fingerprint density at radius 2 is 2.04 bits per heavy atom. The summed E-state index contributed by atoms with van der Waals surface area (Å²) < 4.78 is 34.3. The van der Waals surface area contributed by atoms with Crippen LogP contribution in [0.25, 0.3) is 0 Å². The Morgan fingerprint density at radius 3 is 2.50 bits per heavy atom. The summed E-state index contributed by atoms with van der Waals surface area (Å²) in [6, 6.07) is -1.77. The second-order valence-corrected chi connectivity index (χ2v) is 6.51. The Balaban J connectivity index is 2.81. The van der Waals surface area contributed by atoms with Crippen LogP contribution >= 0.6 is 0 Å². The molecule has 1 rings (SSSR count). The molecule has 1 fully saturated rings. The van der Waals surface area contributed by atoms with Gasteiger partial charge in [-0.05, 0) is 13.3 Å². The summed E-state index contributed by atoms with van der Waals surface area (Å²) in [5, 5.41) is 1.51. The van der Waals surface area contributed by atoms with E-state index in [0.29, 0.717) is 5.06 Å². The number of hydroxylamine groups is 2. The zero-order valence-corrected chi connectivity index (χ0v) is 14.7. The van der Waals surface area contributed by atoms with Crippen LogP contribution in [0.4, 0.5) is 4.79 Å². The van der Waals surface area contributed by atoms with Crippen molar-refractivity contribution in [3.8, 4) is 0 Å². The van der Waals surface area contributed by atoms with E-state index >= 15 is 0 Å². The molecule has 24 heavy (non-hydrogen) atoms. The van der Waals surface area contributed by atoms with Crippen molar-refractivity contribution in [2.45, 2.75) is 33.2 Å². The molecule has 4 amide bonds. The van der Waals surface area contributed by atoms with E-state index in [2.05, 4.69) is 9.71 Å². The number of nitrogens with one attached hydrogen (secondary N) is 1. The molecule has 0 radical (unpaired) electrons. The standard InChI is InChI=1S/C12H22N4O7S/c1-5-15-9(10(17)13-14(4)11(18)8(2)3)6-7-16(12(15)19)23-24(20,21)22/h8-9H,5-7H2,1-4H3,(H,13,17)(H,20,21,22)/t9-/m0/s1. The van der Waals surface area contributed by atoms with E-state index in [4.69, 9.17) is 4.55 Å². The van der Waals surface area contributed by atoms with Crippen LogP contribution in [0.3, 0.4) is 0 Å². The van der Waals surface area contributed by atoms with Crippen molar-refractivity contribution < 1.29 is 31.6 Å². The fourth-order valence-corrected chi connectivity index (χ4v) is 2.63. The predicted molar refractivity (Wildman–Crippen MR) is 81.3 cm³/mol. The molecule has 0 aromatic rings. The van der Waals surface area contributed by atoms with Crippen LogP contribution in [0, 0.1) is 5.92 Å². The topological polar surface area (TPSA) is 137 Å². The maximum atomic E-state index is 12.3. The molecule has 0 aliphatic carbocycles. The van der Waals surface area contributed by atoms with Gasteiger partial charge in [-0.1, -0.05) is 13.8 Å². The number of rotatable bonds is 5. The third kappa shape index (κ3) is 5.04. The quantitative estimate of drug-likeness (QED) is 0.489. The van der Waals surface area contributed by atoms with Crippen LogP contribution < -0.4 is 5.43 Å². The summed E-state index contributed by atoms with van der Waals surface area (Å²) in [6.45, 7) is 4.84. The van der Waals surface area contributed by atoms with Crippen LogP contribution in [0.1, 0.15) is 27.2 Å². The molecule has 1 atom stereocenters. The lowest BCUT2D eigenvalue weighted by Crippen LogP contribution is -2.61. The third-order valence-electron chi connectivity index (χ3n) is 3.37. The normalized spacial score (nSPS) is 18.8. The van der Waals surface area contributed by atoms with E-state index < -0.39 is 28.4 Å². The largest absolute Gasteiger partial charge is 0.418 e. The smallest absolute Gasteiger partial charge is 0.311 e. The summed E-state index contributed by atoms with van der Waals surface area (Å²) in [6.07, 6.45) is 0.0602. The van der Waals surface area contributed by atoms with Crippen molar-refractivity contribution >= 4 is 28.2 Å². The summed E-state index contributed by atoms with van der Waals surface area (Å²) >= 11 is 0. The molecule has 1 heterocycles. The molecule has 138 valence electrons. The maximum Gasteiger partial charge on any atom is 0.418 e. The molecule has 1 saturated heterocycles. The van der Waals surface area contributed by atoms with Crippen LogP contribution in [0.2, 0.25) is 0 Å². The van der Waals surface area contributed by atoms with Gasteiger partial charge in [0.15, 0.2) is 0 Å². The van der Waals surface area contributed by atoms with Gasteiger partial charge >= 0.3 is 16.4 Å². The number of amides is 4. The molecule has 1 aliphatic heterocycles. The number of carbonyl (C=O) groups excluding carboxylic acids is 3. The molecule has 0 aromatic heterocycles. The van der Waals surface area contributed by atoms with E-state index in [1.165, 1.54) is 7.05 Å². The van der Waals surface area contributed by atoms with Gasteiger partial charge in [0, 0.05) is 19.5 Å².